The zero-order valence-corrected chi connectivity index (χ0v) is 14.5. The second kappa shape index (κ2) is 6.21. The van der Waals surface area contributed by atoms with Crippen LogP contribution >= 0.6 is 22.9 Å². The van der Waals surface area contributed by atoms with Gasteiger partial charge in [0.2, 0.25) is 0 Å². The van der Waals surface area contributed by atoms with E-state index in [9.17, 15) is 4.79 Å². The smallest absolute Gasteiger partial charge is 0.267 e. The minimum absolute atomic E-state index is 0.307. The number of anilines is 1. The monoisotopic (exact) mass is 362 g/mol. The van der Waals surface area contributed by atoms with Gasteiger partial charge in [-0.2, -0.15) is 5.26 Å². The van der Waals surface area contributed by atoms with Crippen molar-refractivity contribution in [2.45, 2.75) is 0 Å². The van der Waals surface area contributed by atoms with E-state index in [0.29, 0.717) is 21.2 Å². The zero-order chi connectivity index (χ0) is 17.4. The molecule has 120 valence electrons. The molecule has 5 heteroatoms. The van der Waals surface area contributed by atoms with Crippen LogP contribution in [0.25, 0.3) is 20.9 Å². The fourth-order valence-corrected chi connectivity index (χ4v) is 4.31. The predicted octanol–water partition coefficient (Wildman–Crippen LogP) is 5.83. The first-order valence-electron chi connectivity index (χ1n) is 7.59. The van der Waals surface area contributed by atoms with Crippen LogP contribution in [0.3, 0.4) is 0 Å². The molecule has 4 rings (SSSR count). The molecule has 1 aromatic heterocycles. The molecule has 3 aromatic carbocycles. The van der Waals surface area contributed by atoms with Gasteiger partial charge in [-0.05, 0) is 29.0 Å². The highest BCUT2D eigenvalue weighted by atomic mass is 35.5. The highest BCUT2D eigenvalue weighted by molar-refractivity contribution is 7.22. The summed E-state index contributed by atoms with van der Waals surface area (Å²) in [6, 6.07) is 20.9. The molecule has 1 heterocycles. The van der Waals surface area contributed by atoms with Crippen LogP contribution in [0, 0.1) is 11.3 Å². The lowest BCUT2D eigenvalue weighted by Crippen LogP contribution is -2.11. The molecule has 0 unspecified atom stereocenters. The van der Waals surface area contributed by atoms with Gasteiger partial charge in [0.15, 0.2) is 0 Å². The zero-order valence-electron chi connectivity index (χ0n) is 12.9. The molecule has 0 aliphatic heterocycles. The number of nitrogens with one attached hydrogen (secondary N) is 1. The molecule has 0 aliphatic rings. The molecule has 4 aromatic rings. The first kappa shape index (κ1) is 15.6. The Morgan fingerprint density at radius 2 is 1.80 bits per heavy atom. The Morgan fingerprint density at radius 1 is 1.04 bits per heavy atom. The van der Waals surface area contributed by atoms with Crippen molar-refractivity contribution in [3.05, 3.63) is 76.1 Å². The average molecular weight is 363 g/mol. The fourth-order valence-electron chi connectivity index (χ4n) is 2.85. The summed E-state index contributed by atoms with van der Waals surface area (Å²) < 4.78 is 0.961. The van der Waals surface area contributed by atoms with Crippen LogP contribution in [-0.4, -0.2) is 5.91 Å². The molecule has 0 saturated carbocycles. The summed E-state index contributed by atoms with van der Waals surface area (Å²) >= 11 is 7.91. The maximum absolute atomic E-state index is 12.7. The van der Waals surface area contributed by atoms with E-state index in [1.54, 1.807) is 24.3 Å². The van der Waals surface area contributed by atoms with Gasteiger partial charge in [-0.25, -0.2) is 0 Å². The molecule has 0 radical (unpaired) electrons. The van der Waals surface area contributed by atoms with Crippen molar-refractivity contribution >= 4 is 55.4 Å². The van der Waals surface area contributed by atoms with Gasteiger partial charge in [0.05, 0.1) is 16.3 Å². The van der Waals surface area contributed by atoms with Gasteiger partial charge >= 0.3 is 0 Å². The van der Waals surface area contributed by atoms with Crippen molar-refractivity contribution in [1.82, 2.24) is 0 Å². The summed E-state index contributed by atoms with van der Waals surface area (Å²) in [5.74, 6) is -0.307. The van der Waals surface area contributed by atoms with Crippen LogP contribution in [-0.2, 0) is 0 Å². The number of halogens is 1. The molecule has 0 spiro atoms. The molecule has 0 atom stereocenters. The highest BCUT2D eigenvalue weighted by Gasteiger charge is 2.19. The van der Waals surface area contributed by atoms with E-state index in [0.717, 1.165) is 20.9 Å². The lowest BCUT2D eigenvalue weighted by Gasteiger charge is -2.05. The molecule has 1 amide bonds. The number of benzene rings is 3. The Morgan fingerprint density at radius 3 is 2.64 bits per heavy atom. The number of hydrogen-bond donors (Lipinski definition) is 1. The summed E-state index contributed by atoms with van der Waals surface area (Å²) in [4.78, 5) is 13.2. The Bertz CT molecular complexity index is 1170. The van der Waals surface area contributed by atoms with Crippen molar-refractivity contribution in [1.29, 1.82) is 5.26 Å². The van der Waals surface area contributed by atoms with Crippen LogP contribution in [0.15, 0.2) is 60.7 Å². The van der Waals surface area contributed by atoms with Crippen molar-refractivity contribution in [3.63, 3.8) is 0 Å². The summed E-state index contributed by atoms with van der Waals surface area (Å²) in [7, 11) is 0. The average Bonchev–Trinajstić information content (AvgIpc) is 2.99. The van der Waals surface area contributed by atoms with Crippen LogP contribution in [0.5, 0.6) is 0 Å². The first-order chi connectivity index (χ1) is 12.2. The van der Waals surface area contributed by atoms with E-state index >= 15 is 0 Å². The molecule has 0 bridgehead atoms. The number of nitrogens with zero attached hydrogens (tertiary/aromatic N) is 1. The molecule has 3 nitrogen and oxygen atoms in total. The number of fused-ring (bicyclic) bond motifs is 3. The van der Waals surface area contributed by atoms with Crippen LogP contribution in [0.1, 0.15) is 15.2 Å². The van der Waals surface area contributed by atoms with Gasteiger partial charge in [-0.3, -0.25) is 4.79 Å². The Labute approximate surface area is 153 Å². The largest absolute Gasteiger partial charge is 0.320 e. The summed E-state index contributed by atoms with van der Waals surface area (Å²) in [6.45, 7) is 0. The maximum atomic E-state index is 12.7. The van der Waals surface area contributed by atoms with Crippen molar-refractivity contribution in [2.24, 2.45) is 0 Å². The van der Waals surface area contributed by atoms with Gasteiger partial charge in [0, 0.05) is 10.1 Å². The van der Waals surface area contributed by atoms with Gasteiger partial charge in [-0.15, -0.1) is 11.3 Å². The van der Waals surface area contributed by atoms with Crippen LogP contribution < -0.4 is 5.32 Å². The van der Waals surface area contributed by atoms with Crippen LogP contribution in [0.4, 0.5) is 5.69 Å². The van der Waals surface area contributed by atoms with Gasteiger partial charge in [-0.1, -0.05) is 54.1 Å². The molecule has 25 heavy (non-hydrogen) atoms. The summed E-state index contributed by atoms with van der Waals surface area (Å²) in [5.41, 5.74) is 0.895. The third-order valence-electron chi connectivity index (χ3n) is 4.02. The number of carbonyl (C=O) groups is 1. The molecule has 1 N–H and O–H groups in total. The van der Waals surface area contributed by atoms with Gasteiger partial charge in [0.1, 0.15) is 10.9 Å². The van der Waals surface area contributed by atoms with E-state index in [1.165, 1.54) is 11.3 Å². The molecule has 0 fully saturated rings. The fraction of sp³-hybridized carbons (Fsp3) is 0. The number of carbonyl (C=O) groups excluding carboxylic acids is 1. The summed E-state index contributed by atoms with van der Waals surface area (Å²) in [6.07, 6.45) is 0. The number of thiophene rings is 1. The maximum Gasteiger partial charge on any atom is 0.267 e. The van der Waals surface area contributed by atoms with Crippen LogP contribution in [0.2, 0.25) is 5.02 Å². The number of para-hydroxylation sites is 1. The Balaban J connectivity index is 1.82. The minimum Gasteiger partial charge on any atom is -0.320 e. The Kier molecular flexibility index (Phi) is 3.89. The third kappa shape index (κ3) is 2.64. The van der Waals surface area contributed by atoms with E-state index in [2.05, 4.69) is 11.4 Å². The Hall–Kier alpha value is -2.87. The van der Waals surface area contributed by atoms with Gasteiger partial charge in [0.25, 0.3) is 5.91 Å². The number of hydrogen-bond acceptors (Lipinski definition) is 3. The second-order valence-corrected chi connectivity index (χ2v) is 6.95. The lowest BCUT2D eigenvalue weighted by molar-refractivity contribution is 0.103. The van der Waals surface area contributed by atoms with E-state index in [-0.39, 0.29) is 5.91 Å². The third-order valence-corrected chi connectivity index (χ3v) is 5.67. The quantitative estimate of drug-likeness (QED) is 0.487. The number of rotatable bonds is 2. The highest BCUT2D eigenvalue weighted by Crippen LogP contribution is 2.40. The minimum atomic E-state index is -0.307. The van der Waals surface area contributed by atoms with E-state index < -0.39 is 0 Å². The normalized spacial score (nSPS) is 10.7. The van der Waals surface area contributed by atoms with E-state index in [1.807, 2.05) is 36.4 Å². The SMILES string of the molecule is N#Cc1ccccc1NC(=O)c1sc2ccc3ccccc3c2c1Cl. The van der Waals surface area contributed by atoms with Crippen molar-refractivity contribution in [2.75, 3.05) is 5.32 Å². The topological polar surface area (TPSA) is 52.9 Å². The van der Waals surface area contributed by atoms with E-state index in [4.69, 9.17) is 16.9 Å². The number of nitriles is 1. The predicted molar refractivity (Wildman–Crippen MR) is 103 cm³/mol. The van der Waals surface area contributed by atoms with Crippen molar-refractivity contribution < 1.29 is 4.79 Å². The molecule has 0 aliphatic carbocycles. The standard InChI is InChI=1S/C20H11ClN2OS/c21-18-17-14-7-3-1-5-12(14)9-10-16(17)25-19(18)20(24)23-15-8-4-2-6-13(15)11-22/h1-10H,(H,23,24). The molecule has 0 saturated heterocycles. The van der Waals surface area contributed by atoms with Crippen molar-refractivity contribution in [3.8, 4) is 6.07 Å². The molecular formula is C20H11ClN2OS. The summed E-state index contributed by atoms with van der Waals surface area (Å²) in [5, 5.41) is 15.4. The van der Waals surface area contributed by atoms with Gasteiger partial charge < -0.3 is 5.32 Å². The first-order valence-corrected chi connectivity index (χ1v) is 8.78. The lowest BCUT2D eigenvalue weighted by atomic mass is 10.1. The second-order valence-electron chi connectivity index (χ2n) is 5.52. The number of amides is 1. The molecular weight excluding hydrogens is 352 g/mol.